The van der Waals surface area contributed by atoms with Crippen LogP contribution in [0.5, 0.6) is 0 Å². The third-order valence-corrected chi connectivity index (χ3v) is 17.6. The zero-order chi connectivity index (χ0) is 52.8. The van der Waals surface area contributed by atoms with E-state index in [0.29, 0.717) is 46.9 Å². The number of hydrogen-bond donors (Lipinski definition) is 7. The van der Waals surface area contributed by atoms with Crippen molar-refractivity contribution in [2.75, 3.05) is 29.9 Å². The highest BCUT2D eigenvalue weighted by atomic mass is 16.2. The zero-order valence-electron chi connectivity index (χ0n) is 43.7. The van der Waals surface area contributed by atoms with Gasteiger partial charge < -0.3 is 38.1 Å². The lowest BCUT2D eigenvalue weighted by Gasteiger charge is -2.49. The van der Waals surface area contributed by atoms with Gasteiger partial charge in [-0.2, -0.15) is 0 Å². The summed E-state index contributed by atoms with van der Waals surface area (Å²) in [6.07, 6.45) is 3.79. The largest absolute Gasteiger partial charge is 0.399 e. The standard InChI is InChI=1S/C67H63N7O3/c1-39-17-23-48(68)31-54(39)62(75)72-65(27-28-65)59-15-6-11-43-20-21-44(30-57(43)59)47-34-66(35-47,73-63(76)55-32-49(69)24-18-40(55)2)58-14-8-12-45-29-46(22-26-53(45)58)61-36-67(61,60-16-7-10-42-9-4-5-13-52(42)60)74-64(77)56-33-50(25-19-41(56)3)71-51-37-70-38-51/h4-26,29-33,47,51,61,70-71H,27-28,34-38,68-69H2,1-3H3,(H,72,75)(H,73,76)(H,74,77). The minimum absolute atomic E-state index is 0.00313. The summed E-state index contributed by atoms with van der Waals surface area (Å²) < 4.78 is 0. The zero-order valence-corrected chi connectivity index (χ0v) is 43.7. The van der Waals surface area contributed by atoms with Gasteiger partial charge in [-0.1, -0.05) is 133 Å². The van der Waals surface area contributed by atoms with Gasteiger partial charge in [0.1, 0.15) is 0 Å². The van der Waals surface area contributed by atoms with Gasteiger partial charge >= 0.3 is 0 Å². The van der Waals surface area contributed by atoms with Crippen LogP contribution in [0.4, 0.5) is 17.1 Å². The minimum atomic E-state index is -0.702. The molecule has 0 aromatic heterocycles. The summed E-state index contributed by atoms with van der Waals surface area (Å²) in [5.74, 6) is -0.226. The minimum Gasteiger partial charge on any atom is -0.399 e. The van der Waals surface area contributed by atoms with Crippen molar-refractivity contribution >= 4 is 67.1 Å². The van der Waals surface area contributed by atoms with E-state index in [2.05, 4.69) is 148 Å². The number of nitrogen functional groups attached to an aromatic ring is 2. The van der Waals surface area contributed by atoms with Crippen LogP contribution in [0.1, 0.15) is 120 Å². The van der Waals surface area contributed by atoms with Crippen LogP contribution in [-0.4, -0.2) is 36.9 Å². The molecule has 3 amide bonds. The smallest absolute Gasteiger partial charge is 0.252 e. The van der Waals surface area contributed by atoms with E-state index in [1.807, 2.05) is 57.2 Å². The van der Waals surface area contributed by atoms with Gasteiger partial charge in [0.2, 0.25) is 0 Å². The summed E-state index contributed by atoms with van der Waals surface area (Å²) in [6.45, 7) is 7.69. The van der Waals surface area contributed by atoms with E-state index in [0.717, 1.165) is 109 Å². The van der Waals surface area contributed by atoms with Crippen LogP contribution < -0.4 is 38.1 Å². The van der Waals surface area contributed by atoms with Gasteiger partial charge in [0, 0.05) is 52.8 Å². The van der Waals surface area contributed by atoms with Crippen LogP contribution in [-0.2, 0) is 16.6 Å². The molecule has 4 aliphatic rings. The number of anilines is 3. The monoisotopic (exact) mass is 1010 g/mol. The first-order chi connectivity index (χ1) is 37.3. The van der Waals surface area contributed by atoms with Crippen molar-refractivity contribution in [1.82, 2.24) is 21.3 Å². The van der Waals surface area contributed by atoms with Crippen LogP contribution in [0, 0.1) is 20.8 Å². The van der Waals surface area contributed by atoms with Crippen molar-refractivity contribution in [2.24, 2.45) is 0 Å². The van der Waals surface area contributed by atoms with Gasteiger partial charge in [0.05, 0.1) is 22.7 Å². The molecule has 384 valence electrons. The van der Waals surface area contributed by atoms with Crippen molar-refractivity contribution in [3.63, 3.8) is 0 Å². The van der Waals surface area contributed by atoms with E-state index in [-0.39, 0.29) is 29.6 Å². The Morgan fingerprint density at radius 1 is 0.481 bits per heavy atom. The predicted octanol–water partition coefficient (Wildman–Crippen LogP) is 12.1. The van der Waals surface area contributed by atoms with Crippen LogP contribution in [0.3, 0.4) is 0 Å². The number of carbonyl (C=O) groups is 3. The first-order valence-corrected chi connectivity index (χ1v) is 27.1. The highest BCUT2D eigenvalue weighted by Gasteiger charge is 2.58. The number of aryl methyl sites for hydroxylation is 3. The predicted molar refractivity (Wildman–Crippen MR) is 310 cm³/mol. The normalized spacial score (nSPS) is 21.2. The summed E-state index contributed by atoms with van der Waals surface area (Å²) in [6, 6.07) is 58.6. The molecule has 10 heteroatoms. The van der Waals surface area contributed by atoms with E-state index in [9.17, 15) is 14.4 Å². The fraction of sp³-hybridized carbons (Fsp3) is 0.239. The number of carbonyl (C=O) groups excluding carboxylic acids is 3. The van der Waals surface area contributed by atoms with Crippen LogP contribution in [0.15, 0.2) is 170 Å². The quantitative estimate of drug-likeness (QED) is 0.0565. The fourth-order valence-corrected chi connectivity index (χ4v) is 12.9. The maximum atomic E-state index is 14.7. The number of benzene rings is 9. The summed E-state index contributed by atoms with van der Waals surface area (Å²) in [7, 11) is 0. The maximum absolute atomic E-state index is 14.7. The number of nitrogens with one attached hydrogen (secondary N) is 5. The molecule has 13 rings (SSSR count). The molecule has 0 radical (unpaired) electrons. The van der Waals surface area contributed by atoms with Crippen LogP contribution in [0.25, 0.3) is 32.3 Å². The molecule has 2 unspecified atom stereocenters. The summed E-state index contributed by atoms with van der Waals surface area (Å²) >= 11 is 0. The lowest BCUT2D eigenvalue weighted by atomic mass is 9.61. The van der Waals surface area contributed by atoms with Crippen molar-refractivity contribution < 1.29 is 14.4 Å². The molecule has 2 atom stereocenters. The Kier molecular flexibility index (Phi) is 11.5. The number of hydrogen-bond acceptors (Lipinski definition) is 7. The van der Waals surface area contributed by atoms with Crippen LogP contribution >= 0.6 is 0 Å². The average Bonchev–Trinajstić information content (AvgIpc) is 4.56. The molecule has 10 nitrogen and oxygen atoms in total. The molecule has 0 bridgehead atoms. The van der Waals surface area contributed by atoms with Crippen molar-refractivity contribution in [3.8, 4) is 0 Å². The van der Waals surface area contributed by atoms with Gasteiger partial charge in [0.15, 0.2) is 0 Å². The second-order valence-electron chi connectivity index (χ2n) is 22.6. The van der Waals surface area contributed by atoms with Gasteiger partial charge in [-0.05, 0) is 172 Å². The van der Waals surface area contributed by atoms with E-state index >= 15 is 0 Å². The van der Waals surface area contributed by atoms with Crippen molar-refractivity contribution in [2.45, 2.75) is 87.4 Å². The molecule has 9 aromatic carbocycles. The van der Waals surface area contributed by atoms with Crippen molar-refractivity contribution in [1.29, 1.82) is 0 Å². The third kappa shape index (κ3) is 8.52. The Morgan fingerprint density at radius 2 is 1.03 bits per heavy atom. The molecule has 1 saturated heterocycles. The fourth-order valence-electron chi connectivity index (χ4n) is 12.9. The lowest BCUT2D eigenvalue weighted by molar-refractivity contribution is 0.0786. The molecule has 77 heavy (non-hydrogen) atoms. The third-order valence-electron chi connectivity index (χ3n) is 17.6. The van der Waals surface area contributed by atoms with Crippen LogP contribution in [0.2, 0.25) is 0 Å². The summed E-state index contributed by atoms with van der Waals surface area (Å²) in [5.41, 5.74) is 22.8. The highest BCUT2D eigenvalue weighted by Crippen LogP contribution is 2.61. The Morgan fingerprint density at radius 3 is 1.69 bits per heavy atom. The number of fused-ring (bicyclic) bond motifs is 3. The molecular formula is C67H63N7O3. The molecule has 3 aliphatic carbocycles. The average molecular weight is 1010 g/mol. The molecule has 3 saturated carbocycles. The summed E-state index contributed by atoms with van der Waals surface area (Å²) in [4.78, 5) is 43.2. The topological polar surface area (TPSA) is 163 Å². The number of nitrogens with two attached hydrogens (primary N) is 2. The highest BCUT2D eigenvalue weighted by molar-refractivity contribution is 6.01. The number of rotatable bonds is 13. The van der Waals surface area contributed by atoms with Gasteiger partial charge in [-0.25, -0.2) is 0 Å². The Balaban J connectivity index is 0.842. The molecule has 0 spiro atoms. The summed E-state index contributed by atoms with van der Waals surface area (Å²) in [5, 5.41) is 24.2. The van der Waals surface area contributed by atoms with E-state index < -0.39 is 16.6 Å². The SMILES string of the molecule is Cc1ccc(N)cc1C(=O)NC1(c2cccc3ccc(C4CC(NC(=O)c5cc(N)ccc5C)(c5cccc6cc(C7CC7(NC(=O)c7cc(NC8CNC8)ccc7C)c7cccc8ccccc78)ccc56)C4)cc23)CC1. The Labute approximate surface area is 449 Å². The Hall–Kier alpha value is -8.47. The molecule has 4 fully saturated rings. The first-order valence-electron chi connectivity index (χ1n) is 27.1. The molecule has 9 N–H and O–H groups in total. The Bertz CT molecular complexity index is 3900. The molecule has 1 heterocycles. The number of amides is 3. The lowest BCUT2D eigenvalue weighted by Crippen LogP contribution is -2.54. The van der Waals surface area contributed by atoms with Crippen molar-refractivity contribution in [3.05, 3.63) is 231 Å². The second-order valence-corrected chi connectivity index (χ2v) is 22.6. The van der Waals surface area contributed by atoms with Gasteiger partial charge in [0.25, 0.3) is 17.7 Å². The van der Waals surface area contributed by atoms with E-state index in [1.165, 1.54) is 5.56 Å². The second kappa shape index (κ2) is 18.4. The maximum Gasteiger partial charge on any atom is 0.252 e. The van der Waals surface area contributed by atoms with E-state index in [1.54, 1.807) is 12.1 Å². The molecular weight excluding hydrogens is 951 g/mol. The first kappa shape index (κ1) is 48.2. The molecule has 1 aliphatic heterocycles. The molecule has 9 aromatic rings. The van der Waals surface area contributed by atoms with Gasteiger partial charge in [-0.3, -0.25) is 14.4 Å². The van der Waals surface area contributed by atoms with Gasteiger partial charge in [-0.15, -0.1) is 0 Å². The van der Waals surface area contributed by atoms with E-state index in [4.69, 9.17) is 11.5 Å².